The first kappa shape index (κ1) is 14.7. The number of hydrogen-bond acceptors (Lipinski definition) is 4. The van der Waals surface area contributed by atoms with E-state index < -0.39 is 21.9 Å². The van der Waals surface area contributed by atoms with Crippen LogP contribution in [0.15, 0.2) is 23.1 Å². The minimum absolute atomic E-state index is 0.0305. The summed E-state index contributed by atoms with van der Waals surface area (Å²) in [6.45, 7) is 2.61. The molecule has 0 radical (unpaired) electrons. The van der Waals surface area contributed by atoms with E-state index in [4.69, 9.17) is 4.74 Å². The zero-order chi connectivity index (χ0) is 14.8. The number of hydrogen-bond donors (Lipinski definition) is 1. The summed E-state index contributed by atoms with van der Waals surface area (Å²) >= 11 is 0. The van der Waals surface area contributed by atoms with E-state index in [1.807, 2.05) is 0 Å². The number of benzene rings is 1. The Morgan fingerprint density at radius 2 is 2.20 bits per heavy atom. The molecule has 0 saturated carbocycles. The molecule has 110 valence electrons. The Morgan fingerprint density at radius 1 is 1.45 bits per heavy atom. The summed E-state index contributed by atoms with van der Waals surface area (Å²) in [5.41, 5.74) is 0.332. The number of cyclic esters (lactones) is 1. The van der Waals surface area contributed by atoms with Crippen molar-refractivity contribution in [1.82, 2.24) is 9.62 Å². The van der Waals surface area contributed by atoms with Crippen molar-refractivity contribution in [2.45, 2.75) is 11.8 Å². The number of amides is 1. The Kier molecular flexibility index (Phi) is 4.24. The number of carbonyl (C=O) groups excluding carboxylic acids is 1. The van der Waals surface area contributed by atoms with Crippen LogP contribution in [0.5, 0.6) is 0 Å². The number of carbonyl (C=O) groups is 1. The zero-order valence-electron chi connectivity index (χ0n) is 10.9. The number of rotatable bonds is 5. The molecule has 1 aliphatic heterocycles. The maximum atomic E-state index is 13.0. The fourth-order valence-electron chi connectivity index (χ4n) is 1.94. The van der Waals surface area contributed by atoms with Crippen LogP contribution < -0.4 is 4.72 Å². The molecule has 1 heterocycles. The van der Waals surface area contributed by atoms with Crippen LogP contribution in [-0.4, -0.2) is 45.7 Å². The molecule has 0 unspecified atom stereocenters. The van der Waals surface area contributed by atoms with Gasteiger partial charge in [-0.15, -0.1) is 0 Å². The van der Waals surface area contributed by atoms with Crippen LogP contribution in [0.25, 0.3) is 0 Å². The van der Waals surface area contributed by atoms with Gasteiger partial charge >= 0.3 is 6.09 Å². The molecular formula is C12H15FN2O4S. The van der Waals surface area contributed by atoms with E-state index in [9.17, 15) is 17.6 Å². The smallest absolute Gasteiger partial charge is 0.409 e. The summed E-state index contributed by atoms with van der Waals surface area (Å²) in [6, 6.07) is 3.48. The van der Waals surface area contributed by atoms with E-state index in [1.165, 1.54) is 17.9 Å². The van der Waals surface area contributed by atoms with Crippen molar-refractivity contribution in [3.05, 3.63) is 29.6 Å². The van der Waals surface area contributed by atoms with Gasteiger partial charge in [0.05, 0.1) is 11.4 Å². The third-order valence-corrected chi connectivity index (χ3v) is 4.57. The molecule has 8 heteroatoms. The molecule has 1 fully saturated rings. The monoisotopic (exact) mass is 302 g/mol. The van der Waals surface area contributed by atoms with E-state index in [-0.39, 0.29) is 18.0 Å². The number of sulfonamides is 1. The Morgan fingerprint density at radius 3 is 2.80 bits per heavy atom. The number of halogens is 1. The number of ether oxygens (including phenoxy) is 1. The highest BCUT2D eigenvalue weighted by molar-refractivity contribution is 7.89. The Hall–Kier alpha value is -1.67. The SMILES string of the molecule is Cc1cc(F)ccc1S(=O)(=O)NCCN1CCOC1=O. The quantitative estimate of drug-likeness (QED) is 0.875. The molecular weight excluding hydrogens is 287 g/mol. The van der Waals surface area contributed by atoms with Gasteiger partial charge in [-0.3, -0.25) is 0 Å². The van der Waals surface area contributed by atoms with Gasteiger partial charge < -0.3 is 9.64 Å². The van der Waals surface area contributed by atoms with Crippen LogP contribution in [0.3, 0.4) is 0 Å². The van der Waals surface area contributed by atoms with Gasteiger partial charge in [-0.05, 0) is 30.7 Å². The number of nitrogens with one attached hydrogen (secondary N) is 1. The zero-order valence-corrected chi connectivity index (χ0v) is 11.7. The van der Waals surface area contributed by atoms with Crippen molar-refractivity contribution in [2.75, 3.05) is 26.2 Å². The van der Waals surface area contributed by atoms with E-state index in [2.05, 4.69) is 4.72 Å². The molecule has 1 amide bonds. The Balaban J connectivity index is 1.98. The van der Waals surface area contributed by atoms with Gasteiger partial charge in [0.15, 0.2) is 0 Å². The molecule has 1 aromatic rings. The summed E-state index contributed by atoms with van der Waals surface area (Å²) in [7, 11) is -3.71. The van der Waals surface area contributed by atoms with Crippen molar-refractivity contribution < 1.29 is 22.3 Å². The summed E-state index contributed by atoms with van der Waals surface area (Å²) in [5.74, 6) is -0.485. The summed E-state index contributed by atoms with van der Waals surface area (Å²) < 4.78 is 44.2. The van der Waals surface area contributed by atoms with Gasteiger partial charge in [-0.1, -0.05) is 0 Å². The lowest BCUT2D eigenvalue weighted by Crippen LogP contribution is -2.35. The second-order valence-corrected chi connectivity index (χ2v) is 6.14. The summed E-state index contributed by atoms with van der Waals surface area (Å²) in [5, 5.41) is 0. The molecule has 1 aliphatic rings. The minimum atomic E-state index is -3.71. The van der Waals surface area contributed by atoms with Crippen LogP contribution in [0.1, 0.15) is 5.56 Å². The molecule has 2 rings (SSSR count). The predicted octanol–water partition coefficient (Wildman–Crippen LogP) is 0.865. The first-order valence-corrected chi connectivity index (χ1v) is 7.56. The van der Waals surface area contributed by atoms with E-state index >= 15 is 0 Å². The average molecular weight is 302 g/mol. The fourth-order valence-corrected chi connectivity index (χ4v) is 3.18. The standard InChI is InChI=1S/C12H15FN2O4S/c1-9-8-10(13)2-3-11(9)20(17,18)14-4-5-15-6-7-19-12(15)16/h2-3,8,14H,4-7H2,1H3. The van der Waals surface area contributed by atoms with Crippen LogP contribution in [0, 0.1) is 12.7 Å². The molecule has 0 atom stereocenters. The predicted molar refractivity (Wildman–Crippen MR) is 69.2 cm³/mol. The normalized spacial score (nSPS) is 15.5. The van der Waals surface area contributed by atoms with Gasteiger partial charge in [-0.2, -0.15) is 0 Å². The van der Waals surface area contributed by atoms with E-state index in [0.717, 1.165) is 12.1 Å². The van der Waals surface area contributed by atoms with Crippen LogP contribution in [0.4, 0.5) is 9.18 Å². The molecule has 0 bridgehead atoms. The highest BCUT2D eigenvalue weighted by Gasteiger charge is 2.22. The molecule has 1 aromatic carbocycles. The highest BCUT2D eigenvalue weighted by atomic mass is 32.2. The minimum Gasteiger partial charge on any atom is -0.448 e. The maximum absolute atomic E-state index is 13.0. The van der Waals surface area contributed by atoms with E-state index in [0.29, 0.717) is 18.7 Å². The largest absolute Gasteiger partial charge is 0.448 e. The van der Waals surface area contributed by atoms with Crippen LogP contribution in [0.2, 0.25) is 0 Å². The second-order valence-electron chi connectivity index (χ2n) is 4.41. The van der Waals surface area contributed by atoms with Crippen molar-refractivity contribution in [3.63, 3.8) is 0 Å². The molecule has 20 heavy (non-hydrogen) atoms. The molecule has 1 saturated heterocycles. The fraction of sp³-hybridized carbons (Fsp3) is 0.417. The third-order valence-electron chi connectivity index (χ3n) is 2.95. The van der Waals surface area contributed by atoms with Gasteiger partial charge in [0.25, 0.3) is 0 Å². The van der Waals surface area contributed by atoms with E-state index in [1.54, 1.807) is 0 Å². The lowest BCUT2D eigenvalue weighted by Gasteiger charge is -2.14. The summed E-state index contributed by atoms with van der Waals surface area (Å²) in [4.78, 5) is 12.6. The molecule has 6 nitrogen and oxygen atoms in total. The van der Waals surface area contributed by atoms with Crippen LogP contribution >= 0.6 is 0 Å². The van der Waals surface area contributed by atoms with Crippen LogP contribution in [-0.2, 0) is 14.8 Å². The van der Waals surface area contributed by atoms with Gasteiger partial charge in [0.2, 0.25) is 10.0 Å². The van der Waals surface area contributed by atoms with Crippen molar-refractivity contribution >= 4 is 16.1 Å². The first-order chi connectivity index (χ1) is 9.40. The van der Waals surface area contributed by atoms with Crippen molar-refractivity contribution in [1.29, 1.82) is 0 Å². The van der Waals surface area contributed by atoms with Gasteiger partial charge in [0.1, 0.15) is 12.4 Å². The number of nitrogens with zero attached hydrogens (tertiary/aromatic N) is 1. The lowest BCUT2D eigenvalue weighted by molar-refractivity contribution is 0.159. The maximum Gasteiger partial charge on any atom is 0.409 e. The summed E-state index contributed by atoms with van der Waals surface area (Å²) in [6.07, 6.45) is -0.442. The topological polar surface area (TPSA) is 75.7 Å². The molecule has 0 aliphatic carbocycles. The number of aryl methyl sites for hydroxylation is 1. The van der Waals surface area contributed by atoms with Crippen molar-refractivity contribution in [2.24, 2.45) is 0 Å². The van der Waals surface area contributed by atoms with Gasteiger partial charge in [0, 0.05) is 13.1 Å². The Bertz CT molecular complexity index is 618. The lowest BCUT2D eigenvalue weighted by atomic mass is 10.2. The molecule has 0 aromatic heterocycles. The highest BCUT2D eigenvalue weighted by Crippen LogP contribution is 2.15. The molecule has 1 N–H and O–H groups in total. The third kappa shape index (κ3) is 3.26. The first-order valence-electron chi connectivity index (χ1n) is 6.08. The van der Waals surface area contributed by atoms with Gasteiger partial charge in [-0.25, -0.2) is 22.3 Å². The molecule has 0 spiro atoms. The van der Waals surface area contributed by atoms with Crippen molar-refractivity contribution in [3.8, 4) is 0 Å². The second kappa shape index (κ2) is 5.76. The Labute approximate surface area is 116 Å². The average Bonchev–Trinajstić information content (AvgIpc) is 2.74.